The molecule has 0 aliphatic heterocycles. The molecule has 1 aliphatic rings. The molecule has 0 saturated heterocycles. The minimum atomic E-state index is 0.587. The topological polar surface area (TPSA) is 61.3 Å². The second-order valence-corrected chi connectivity index (χ2v) is 6.88. The van der Waals surface area contributed by atoms with Crippen molar-refractivity contribution in [1.29, 1.82) is 0 Å². The Morgan fingerprint density at radius 1 is 0.880 bits per heavy atom. The summed E-state index contributed by atoms with van der Waals surface area (Å²) in [5.41, 5.74) is 7.42. The lowest BCUT2D eigenvalue weighted by Gasteiger charge is -2.07. The minimum Gasteiger partial charge on any atom is -0.410 e. The zero-order chi connectivity index (χ0) is 17.0. The first-order valence-electron chi connectivity index (χ1n) is 7.87. The molecule has 2 N–H and O–H groups in total. The molecule has 0 fully saturated rings. The Hall–Kier alpha value is -2.92. The molecule has 5 rings (SSSR count). The molecule has 1 aromatic heterocycles. The minimum absolute atomic E-state index is 0.587. The Bertz CT molecular complexity index is 1140. The fourth-order valence-electron chi connectivity index (χ4n) is 3.50. The first kappa shape index (κ1) is 14.4. The molecule has 0 spiro atoms. The molecule has 0 radical (unpaired) electrons. The van der Waals surface area contributed by atoms with Crippen LogP contribution < -0.4 is 0 Å². The summed E-state index contributed by atoms with van der Waals surface area (Å²) in [6.45, 7) is 0. The number of fused-ring (bicyclic) bond motifs is 4. The van der Waals surface area contributed by atoms with Gasteiger partial charge < -0.3 is 10.2 Å². The van der Waals surface area contributed by atoms with Gasteiger partial charge in [-0.3, -0.25) is 0 Å². The third kappa shape index (κ3) is 2.06. The van der Waals surface area contributed by atoms with Gasteiger partial charge in [0, 0.05) is 26.7 Å². The fraction of sp³-hybridized carbons (Fsp3) is 0. The van der Waals surface area contributed by atoms with E-state index in [9.17, 15) is 5.21 Å². The number of nitrogens with zero attached hydrogens (tertiary/aromatic N) is 2. The number of aromatic amines is 1. The normalized spacial score (nSPS) is 14.0. The Kier molecular flexibility index (Phi) is 3.05. The van der Waals surface area contributed by atoms with Gasteiger partial charge >= 0.3 is 0 Å². The number of para-hydroxylation sites is 2. The average molecular weight is 390 g/mol. The van der Waals surface area contributed by atoms with Gasteiger partial charge in [0.15, 0.2) is 0 Å². The first-order valence-corrected chi connectivity index (χ1v) is 8.66. The molecule has 5 heteroatoms. The SMILES string of the molecule is O/N=C1\c2cc(Br)ccc2-c2c1cccc2-c1nc2ccccc2[nH]1. The van der Waals surface area contributed by atoms with Crippen LogP contribution in [-0.4, -0.2) is 20.9 Å². The quantitative estimate of drug-likeness (QED) is 0.305. The van der Waals surface area contributed by atoms with Crippen molar-refractivity contribution in [2.45, 2.75) is 0 Å². The Morgan fingerprint density at radius 2 is 1.72 bits per heavy atom. The highest BCUT2D eigenvalue weighted by Crippen LogP contribution is 2.43. The molecule has 4 aromatic rings. The standard InChI is InChI=1S/C20H12BrN3O/c21-11-8-9-12-15(10-11)19(24-25)13-4-3-5-14(18(12)13)20-22-16-6-1-2-7-17(16)23-20/h1-10,25H,(H,22,23)/b24-19-. The van der Waals surface area contributed by atoms with Crippen LogP contribution in [0.25, 0.3) is 33.5 Å². The Labute approximate surface area is 152 Å². The van der Waals surface area contributed by atoms with Crippen LogP contribution in [-0.2, 0) is 0 Å². The Balaban J connectivity index is 1.83. The van der Waals surface area contributed by atoms with Crippen molar-refractivity contribution in [3.63, 3.8) is 0 Å². The lowest BCUT2D eigenvalue weighted by molar-refractivity contribution is 0.320. The van der Waals surface area contributed by atoms with Gasteiger partial charge in [-0.2, -0.15) is 0 Å². The highest BCUT2D eigenvalue weighted by molar-refractivity contribution is 9.10. The maximum Gasteiger partial charge on any atom is 0.139 e. The van der Waals surface area contributed by atoms with Crippen LogP contribution in [0.5, 0.6) is 0 Å². The molecule has 1 heterocycles. The highest BCUT2D eigenvalue weighted by atomic mass is 79.9. The molecule has 120 valence electrons. The molecule has 0 saturated carbocycles. The van der Waals surface area contributed by atoms with Crippen LogP contribution in [0.3, 0.4) is 0 Å². The van der Waals surface area contributed by atoms with Crippen molar-refractivity contribution < 1.29 is 5.21 Å². The van der Waals surface area contributed by atoms with E-state index in [1.165, 1.54) is 0 Å². The van der Waals surface area contributed by atoms with Gasteiger partial charge in [0.05, 0.1) is 11.0 Å². The van der Waals surface area contributed by atoms with Crippen LogP contribution >= 0.6 is 15.9 Å². The molecule has 1 aliphatic carbocycles. The van der Waals surface area contributed by atoms with E-state index in [1.54, 1.807) is 0 Å². The molecular formula is C20H12BrN3O. The number of hydrogen-bond donors (Lipinski definition) is 2. The van der Waals surface area contributed by atoms with Gasteiger partial charge in [0.25, 0.3) is 0 Å². The van der Waals surface area contributed by atoms with E-state index in [4.69, 9.17) is 4.98 Å². The summed E-state index contributed by atoms with van der Waals surface area (Å²) in [4.78, 5) is 8.13. The first-order chi connectivity index (χ1) is 12.3. The maximum atomic E-state index is 9.58. The summed E-state index contributed by atoms with van der Waals surface area (Å²) in [7, 11) is 0. The number of benzene rings is 3. The number of aromatic nitrogens is 2. The molecule has 0 unspecified atom stereocenters. The summed E-state index contributed by atoms with van der Waals surface area (Å²) in [5.74, 6) is 0.811. The largest absolute Gasteiger partial charge is 0.410 e. The average Bonchev–Trinajstić information content (AvgIpc) is 3.19. The van der Waals surface area contributed by atoms with Crippen molar-refractivity contribution in [3.8, 4) is 22.5 Å². The van der Waals surface area contributed by atoms with Crippen LogP contribution in [0, 0.1) is 0 Å². The smallest absolute Gasteiger partial charge is 0.139 e. The predicted octanol–water partition coefficient (Wildman–Crippen LogP) is 5.20. The fourth-order valence-corrected chi connectivity index (χ4v) is 3.86. The number of imidazole rings is 1. The van der Waals surface area contributed by atoms with Crippen LogP contribution in [0.1, 0.15) is 11.1 Å². The van der Waals surface area contributed by atoms with Crippen molar-refractivity contribution in [2.75, 3.05) is 0 Å². The predicted molar refractivity (Wildman–Crippen MR) is 102 cm³/mol. The summed E-state index contributed by atoms with van der Waals surface area (Å²) < 4.78 is 0.950. The van der Waals surface area contributed by atoms with Gasteiger partial charge in [0.2, 0.25) is 0 Å². The van der Waals surface area contributed by atoms with Gasteiger partial charge in [0.1, 0.15) is 11.5 Å². The number of hydrogen-bond acceptors (Lipinski definition) is 3. The Morgan fingerprint density at radius 3 is 2.56 bits per heavy atom. The summed E-state index contributed by atoms with van der Waals surface area (Å²) in [6, 6.07) is 20.0. The lowest BCUT2D eigenvalue weighted by Crippen LogP contribution is -1.97. The lowest BCUT2D eigenvalue weighted by atomic mass is 9.99. The molecule has 0 bridgehead atoms. The molecule has 3 aromatic carbocycles. The summed E-state index contributed by atoms with van der Waals surface area (Å²) >= 11 is 3.50. The highest BCUT2D eigenvalue weighted by Gasteiger charge is 2.29. The van der Waals surface area contributed by atoms with Crippen molar-refractivity contribution in [1.82, 2.24) is 9.97 Å². The van der Waals surface area contributed by atoms with E-state index < -0.39 is 0 Å². The number of oxime groups is 1. The van der Waals surface area contributed by atoms with Crippen molar-refractivity contribution in [2.24, 2.45) is 5.16 Å². The molecule has 0 amide bonds. The van der Waals surface area contributed by atoms with Crippen LogP contribution in [0.15, 0.2) is 70.3 Å². The van der Waals surface area contributed by atoms with E-state index in [2.05, 4.69) is 26.1 Å². The zero-order valence-electron chi connectivity index (χ0n) is 13.0. The van der Waals surface area contributed by atoms with Crippen LogP contribution in [0.2, 0.25) is 0 Å². The van der Waals surface area contributed by atoms with E-state index in [-0.39, 0.29) is 0 Å². The summed E-state index contributed by atoms with van der Waals surface area (Å²) in [6.07, 6.45) is 0. The van der Waals surface area contributed by atoms with E-state index in [1.807, 2.05) is 60.7 Å². The maximum absolute atomic E-state index is 9.58. The molecule has 4 nitrogen and oxygen atoms in total. The monoisotopic (exact) mass is 389 g/mol. The number of rotatable bonds is 1. The second-order valence-electron chi connectivity index (χ2n) is 5.97. The van der Waals surface area contributed by atoms with Gasteiger partial charge in [-0.1, -0.05) is 57.5 Å². The second kappa shape index (κ2) is 5.29. The zero-order valence-corrected chi connectivity index (χ0v) is 14.6. The number of nitrogens with one attached hydrogen (secondary N) is 1. The molecule has 0 atom stereocenters. The number of halogens is 1. The van der Waals surface area contributed by atoms with E-state index in [0.29, 0.717) is 5.71 Å². The molecular weight excluding hydrogens is 378 g/mol. The third-order valence-electron chi connectivity index (χ3n) is 4.57. The van der Waals surface area contributed by atoms with E-state index >= 15 is 0 Å². The van der Waals surface area contributed by atoms with Gasteiger partial charge in [-0.25, -0.2) is 4.98 Å². The van der Waals surface area contributed by atoms with Crippen LogP contribution in [0.4, 0.5) is 0 Å². The third-order valence-corrected chi connectivity index (χ3v) is 5.06. The van der Waals surface area contributed by atoms with Gasteiger partial charge in [-0.05, 0) is 29.8 Å². The van der Waals surface area contributed by atoms with Gasteiger partial charge in [-0.15, -0.1) is 0 Å². The van der Waals surface area contributed by atoms with Crippen molar-refractivity contribution >= 4 is 32.7 Å². The van der Waals surface area contributed by atoms with E-state index in [0.717, 1.165) is 49.1 Å². The number of H-pyrrole nitrogens is 1. The molecule has 25 heavy (non-hydrogen) atoms. The van der Waals surface area contributed by atoms with Crippen molar-refractivity contribution in [3.05, 3.63) is 76.3 Å². The summed E-state index contributed by atoms with van der Waals surface area (Å²) in [5, 5.41) is 13.1.